The average molecular weight is 326 g/mol. The normalized spacial score (nSPS) is 10.9. The predicted molar refractivity (Wildman–Crippen MR) is 87.3 cm³/mol. The SMILES string of the molecule is CC(C)(C#N)CCOOC(=O)c1cnc(-c2ccccc2)nc1N. The third kappa shape index (κ3) is 4.51. The van der Waals surface area contributed by atoms with Gasteiger partial charge in [0.2, 0.25) is 0 Å². The van der Waals surface area contributed by atoms with Crippen LogP contribution < -0.4 is 5.73 Å². The minimum Gasteiger partial charge on any atom is -0.383 e. The van der Waals surface area contributed by atoms with E-state index < -0.39 is 11.4 Å². The first-order chi connectivity index (χ1) is 11.4. The van der Waals surface area contributed by atoms with Crippen LogP contribution in [0.2, 0.25) is 0 Å². The fraction of sp³-hybridized carbons (Fsp3) is 0.294. The molecule has 0 aliphatic heterocycles. The number of hydrogen-bond acceptors (Lipinski definition) is 7. The predicted octanol–water partition coefficient (Wildman–Crippen LogP) is 2.75. The number of nitrogens with two attached hydrogens (primary N) is 1. The molecule has 0 amide bonds. The number of carbonyl (C=O) groups is 1. The van der Waals surface area contributed by atoms with E-state index in [4.69, 9.17) is 15.9 Å². The molecule has 24 heavy (non-hydrogen) atoms. The van der Waals surface area contributed by atoms with Crippen molar-refractivity contribution >= 4 is 11.8 Å². The van der Waals surface area contributed by atoms with Gasteiger partial charge in [0.25, 0.3) is 0 Å². The van der Waals surface area contributed by atoms with Crippen molar-refractivity contribution in [1.29, 1.82) is 5.26 Å². The Hall–Kier alpha value is -2.98. The van der Waals surface area contributed by atoms with Crippen LogP contribution in [0.5, 0.6) is 0 Å². The standard InChI is InChI=1S/C17H18N4O3/c1-17(2,11-18)8-9-23-24-16(22)13-10-20-15(21-14(13)19)12-6-4-3-5-7-12/h3-7,10H,8-9H2,1-2H3,(H2,19,20,21). The van der Waals surface area contributed by atoms with Crippen LogP contribution in [0.25, 0.3) is 11.4 Å². The van der Waals surface area contributed by atoms with E-state index in [9.17, 15) is 4.79 Å². The highest BCUT2D eigenvalue weighted by molar-refractivity contribution is 5.93. The summed E-state index contributed by atoms with van der Waals surface area (Å²) in [6.45, 7) is 3.65. The number of benzene rings is 1. The number of rotatable bonds is 6. The average Bonchev–Trinajstić information content (AvgIpc) is 2.59. The van der Waals surface area contributed by atoms with Crippen molar-refractivity contribution in [1.82, 2.24) is 9.97 Å². The molecule has 0 saturated carbocycles. The largest absolute Gasteiger partial charge is 0.383 e. The fourth-order valence-electron chi connectivity index (χ4n) is 1.77. The Bertz CT molecular complexity index is 754. The molecule has 0 aliphatic carbocycles. The van der Waals surface area contributed by atoms with E-state index in [1.165, 1.54) is 6.20 Å². The molecule has 7 heteroatoms. The number of hydrogen-bond donors (Lipinski definition) is 1. The lowest BCUT2D eigenvalue weighted by molar-refractivity contribution is -0.243. The van der Waals surface area contributed by atoms with Gasteiger partial charge in [0.1, 0.15) is 11.4 Å². The smallest absolute Gasteiger partial charge is 0.378 e. The summed E-state index contributed by atoms with van der Waals surface area (Å²) in [7, 11) is 0. The van der Waals surface area contributed by atoms with Gasteiger partial charge in [0.05, 0.1) is 18.1 Å². The van der Waals surface area contributed by atoms with Crippen molar-refractivity contribution in [2.24, 2.45) is 5.41 Å². The molecule has 2 rings (SSSR count). The van der Waals surface area contributed by atoms with Crippen LogP contribution in [-0.4, -0.2) is 22.5 Å². The number of carbonyl (C=O) groups excluding carboxylic acids is 1. The van der Waals surface area contributed by atoms with Crippen LogP contribution in [-0.2, 0) is 9.78 Å². The number of aromatic nitrogens is 2. The molecule has 0 aliphatic rings. The molecule has 1 aromatic carbocycles. The molecule has 0 fully saturated rings. The summed E-state index contributed by atoms with van der Waals surface area (Å²) in [6, 6.07) is 11.4. The third-order valence-electron chi connectivity index (χ3n) is 3.32. The van der Waals surface area contributed by atoms with Crippen LogP contribution in [0.3, 0.4) is 0 Å². The summed E-state index contributed by atoms with van der Waals surface area (Å²) < 4.78 is 0. The molecule has 124 valence electrons. The second-order valence-electron chi connectivity index (χ2n) is 5.80. The number of nitrogen functional groups attached to an aromatic ring is 1. The van der Waals surface area contributed by atoms with Gasteiger partial charge in [-0.15, -0.1) is 0 Å². The molecule has 2 N–H and O–H groups in total. The van der Waals surface area contributed by atoms with Gasteiger partial charge in [-0.05, 0) is 20.3 Å². The van der Waals surface area contributed by atoms with E-state index in [1.54, 1.807) is 13.8 Å². The topological polar surface area (TPSA) is 111 Å². The Balaban J connectivity index is 1.97. The van der Waals surface area contributed by atoms with Crippen LogP contribution in [0.1, 0.15) is 30.6 Å². The van der Waals surface area contributed by atoms with Gasteiger partial charge >= 0.3 is 5.97 Å². The van der Waals surface area contributed by atoms with Crippen LogP contribution >= 0.6 is 0 Å². The molecule has 7 nitrogen and oxygen atoms in total. The lowest BCUT2D eigenvalue weighted by Crippen LogP contribution is -2.15. The van der Waals surface area contributed by atoms with Gasteiger partial charge in [0, 0.05) is 11.8 Å². The minimum absolute atomic E-state index is 0.00908. The van der Waals surface area contributed by atoms with Gasteiger partial charge in [-0.1, -0.05) is 30.3 Å². The van der Waals surface area contributed by atoms with Gasteiger partial charge in [-0.3, -0.25) is 4.89 Å². The highest BCUT2D eigenvalue weighted by Gasteiger charge is 2.19. The van der Waals surface area contributed by atoms with E-state index in [0.29, 0.717) is 12.2 Å². The number of anilines is 1. The zero-order chi connectivity index (χ0) is 17.6. The van der Waals surface area contributed by atoms with E-state index in [-0.39, 0.29) is 18.0 Å². The number of nitriles is 1. The third-order valence-corrected chi connectivity index (χ3v) is 3.32. The molecule has 2 aromatic rings. The quantitative estimate of drug-likeness (QED) is 0.493. The van der Waals surface area contributed by atoms with Crippen LogP contribution in [0.4, 0.5) is 5.82 Å². The molecular weight excluding hydrogens is 308 g/mol. The maximum absolute atomic E-state index is 11.9. The second kappa shape index (κ2) is 7.53. The fourth-order valence-corrected chi connectivity index (χ4v) is 1.77. The first-order valence-corrected chi connectivity index (χ1v) is 7.36. The molecule has 0 unspecified atom stereocenters. The Morgan fingerprint density at radius 2 is 2.04 bits per heavy atom. The molecule has 0 bridgehead atoms. The highest BCUT2D eigenvalue weighted by Crippen LogP contribution is 2.19. The van der Waals surface area contributed by atoms with Crippen molar-refractivity contribution in [2.45, 2.75) is 20.3 Å². The van der Waals surface area contributed by atoms with Gasteiger partial charge in [0.15, 0.2) is 5.82 Å². The minimum atomic E-state index is -0.776. The van der Waals surface area contributed by atoms with Crippen molar-refractivity contribution in [3.8, 4) is 17.5 Å². The molecular formula is C17H18N4O3. The Morgan fingerprint density at radius 1 is 1.33 bits per heavy atom. The van der Waals surface area contributed by atoms with E-state index in [2.05, 4.69) is 20.9 Å². The lowest BCUT2D eigenvalue weighted by Gasteiger charge is -2.13. The molecule has 0 atom stereocenters. The van der Waals surface area contributed by atoms with Crippen molar-refractivity contribution in [3.63, 3.8) is 0 Å². The molecule has 0 spiro atoms. The molecule has 0 radical (unpaired) electrons. The Kier molecular flexibility index (Phi) is 5.45. The summed E-state index contributed by atoms with van der Waals surface area (Å²) >= 11 is 0. The van der Waals surface area contributed by atoms with Crippen molar-refractivity contribution in [2.75, 3.05) is 12.3 Å². The Labute approximate surface area is 140 Å². The maximum Gasteiger partial charge on any atom is 0.378 e. The Morgan fingerprint density at radius 3 is 2.67 bits per heavy atom. The van der Waals surface area contributed by atoms with E-state index >= 15 is 0 Å². The molecule has 1 heterocycles. The number of nitrogens with zero attached hydrogens (tertiary/aromatic N) is 3. The summed E-state index contributed by atoms with van der Waals surface area (Å²) in [4.78, 5) is 29.7. The summed E-state index contributed by atoms with van der Waals surface area (Å²) in [5.41, 5.74) is 6.07. The molecule has 0 saturated heterocycles. The summed E-state index contributed by atoms with van der Waals surface area (Å²) in [5, 5.41) is 8.89. The van der Waals surface area contributed by atoms with Crippen molar-refractivity contribution < 1.29 is 14.6 Å². The van der Waals surface area contributed by atoms with Crippen LogP contribution in [0, 0.1) is 16.7 Å². The first-order valence-electron chi connectivity index (χ1n) is 7.36. The first kappa shape index (κ1) is 17.4. The molecule has 1 aromatic heterocycles. The van der Waals surface area contributed by atoms with E-state index in [0.717, 1.165) is 5.56 Å². The van der Waals surface area contributed by atoms with Gasteiger partial charge in [-0.25, -0.2) is 14.8 Å². The summed E-state index contributed by atoms with van der Waals surface area (Å²) in [6.07, 6.45) is 1.73. The second-order valence-corrected chi connectivity index (χ2v) is 5.80. The summed E-state index contributed by atoms with van der Waals surface area (Å²) in [5.74, 6) is -0.349. The highest BCUT2D eigenvalue weighted by atomic mass is 17.2. The maximum atomic E-state index is 11.9. The van der Waals surface area contributed by atoms with E-state index in [1.807, 2.05) is 30.3 Å². The van der Waals surface area contributed by atoms with Gasteiger partial charge < -0.3 is 5.73 Å². The zero-order valence-corrected chi connectivity index (χ0v) is 13.5. The van der Waals surface area contributed by atoms with Gasteiger partial charge in [-0.2, -0.15) is 10.1 Å². The monoisotopic (exact) mass is 326 g/mol. The van der Waals surface area contributed by atoms with Crippen LogP contribution in [0.15, 0.2) is 36.5 Å². The van der Waals surface area contributed by atoms with Crippen molar-refractivity contribution in [3.05, 3.63) is 42.1 Å². The lowest BCUT2D eigenvalue weighted by atomic mass is 9.92. The zero-order valence-electron chi connectivity index (χ0n) is 13.5.